The molecule has 2 fully saturated rings. The van der Waals surface area contributed by atoms with Crippen LogP contribution >= 0.6 is 11.8 Å². The summed E-state index contributed by atoms with van der Waals surface area (Å²) in [5, 5.41) is 3.71. The van der Waals surface area contributed by atoms with E-state index in [1.54, 1.807) is 0 Å². The molecule has 1 N–H and O–H groups in total. The van der Waals surface area contributed by atoms with Gasteiger partial charge in [0.1, 0.15) is 0 Å². The van der Waals surface area contributed by atoms with Gasteiger partial charge in [-0.3, -0.25) is 0 Å². The highest BCUT2D eigenvalue weighted by Gasteiger charge is 2.19. The second kappa shape index (κ2) is 6.87. The number of rotatable bonds is 5. The summed E-state index contributed by atoms with van der Waals surface area (Å²) in [6.07, 6.45) is 8.54. The van der Waals surface area contributed by atoms with Gasteiger partial charge in [0.05, 0.1) is 0 Å². The fraction of sp³-hybridized carbons (Fsp3) is 1.00. The molecule has 1 atom stereocenters. The lowest BCUT2D eigenvalue weighted by molar-refractivity contribution is 0.242. The smallest absolute Gasteiger partial charge is 0.0159 e. The minimum absolute atomic E-state index is 0.788. The summed E-state index contributed by atoms with van der Waals surface area (Å²) in [6.45, 7) is 2.41. The van der Waals surface area contributed by atoms with Gasteiger partial charge in [-0.25, -0.2) is 0 Å². The lowest BCUT2D eigenvalue weighted by Crippen LogP contribution is -2.40. The minimum Gasteiger partial charge on any atom is -0.312 e. The van der Waals surface area contributed by atoms with Crippen molar-refractivity contribution in [1.82, 2.24) is 10.2 Å². The standard InChI is InChI=1S/C13H26N2S/c1-15(13-6-2-3-7-13)9-8-14-12-5-4-10-16-11-12/h12-14H,2-11H2,1H3. The van der Waals surface area contributed by atoms with Gasteiger partial charge in [0.25, 0.3) is 0 Å². The van der Waals surface area contributed by atoms with E-state index in [0.29, 0.717) is 0 Å². The molecule has 0 spiro atoms. The van der Waals surface area contributed by atoms with E-state index in [2.05, 4.69) is 29.0 Å². The van der Waals surface area contributed by atoms with Crippen LogP contribution in [0.5, 0.6) is 0 Å². The topological polar surface area (TPSA) is 15.3 Å². The molecule has 1 unspecified atom stereocenters. The Morgan fingerprint density at radius 1 is 1.19 bits per heavy atom. The normalized spacial score (nSPS) is 27.8. The zero-order chi connectivity index (χ0) is 11.2. The third-order valence-electron chi connectivity index (χ3n) is 4.01. The van der Waals surface area contributed by atoms with Gasteiger partial charge in [0, 0.05) is 30.9 Å². The number of hydrogen-bond donors (Lipinski definition) is 1. The number of nitrogens with one attached hydrogen (secondary N) is 1. The molecule has 16 heavy (non-hydrogen) atoms. The number of hydrogen-bond acceptors (Lipinski definition) is 3. The Balaban J connectivity index is 1.56. The molecule has 1 aliphatic carbocycles. The summed E-state index contributed by atoms with van der Waals surface area (Å²) < 4.78 is 0. The average molecular weight is 242 g/mol. The Morgan fingerprint density at radius 3 is 2.69 bits per heavy atom. The van der Waals surface area contributed by atoms with E-state index in [4.69, 9.17) is 0 Å². The molecule has 1 heterocycles. The fourth-order valence-electron chi connectivity index (χ4n) is 2.87. The van der Waals surface area contributed by atoms with Crippen molar-refractivity contribution in [2.45, 2.75) is 50.6 Å². The van der Waals surface area contributed by atoms with Crippen molar-refractivity contribution in [1.29, 1.82) is 0 Å². The number of likely N-dealkylation sites (N-methyl/N-ethyl adjacent to an activating group) is 1. The summed E-state index contributed by atoms with van der Waals surface area (Å²) in [5.74, 6) is 2.70. The molecule has 0 amide bonds. The van der Waals surface area contributed by atoms with Crippen molar-refractivity contribution in [3.63, 3.8) is 0 Å². The molecule has 2 nitrogen and oxygen atoms in total. The minimum atomic E-state index is 0.788. The summed E-state index contributed by atoms with van der Waals surface area (Å²) in [6, 6.07) is 1.67. The molecule has 0 aromatic carbocycles. The summed E-state index contributed by atoms with van der Waals surface area (Å²) in [4.78, 5) is 2.57. The first-order valence-electron chi connectivity index (χ1n) is 6.87. The first-order valence-corrected chi connectivity index (χ1v) is 8.03. The van der Waals surface area contributed by atoms with E-state index in [9.17, 15) is 0 Å². The Hall–Kier alpha value is 0.270. The fourth-order valence-corrected chi connectivity index (χ4v) is 3.98. The quantitative estimate of drug-likeness (QED) is 0.797. The largest absolute Gasteiger partial charge is 0.312 e. The highest BCUT2D eigenvalue weighted by atomic mass is 32.2. The Kier molecular flexibility index (Phi) is 5.46. The van der Waals surface area contributed by atoms with Crippen LogP contribution < -0.4 is 5.32 Å². The average Bonchev–Trinajstić information content (AvgIpc) is 2.84. The maximum Gasteiger partial charge on any atom is 0.0159 e. The van der Waals surface area contributed by atoms with E-state index in [-0.39, 0.29) is 0 Å². The maximum absolute atomic E-state index is 3.71. The van der Waals surface area contributed by atoms with Gasteiger partial charge in [0.15, 0.2) is 0 Å². The van der Waals surface area contributed by atoms with E-state index in [1.807, 2.05) is 0 Å². The van der Waals surface area contributed by atoms with Crippen molar-refractivity contribution in [2.75, 3.05) is 31.6 Å². The summed E-state index contributed by atoms with van der Waals surface area (Å²) in [7, 11) is 2.30. The predicted octanol–water partition coefficient (Wildman–Crippen LogP) is 2.35. The van der Waals surface area contributed by atoms with Crippen LogP contribution in [0.3, 0.4) is 0 Å². The van der Waals surface area contributed by atoms with Crippen molar-refractivity contribution < 1.29 is 0 Å². The molecule has 0 aromatic heterocycles. The Morgan fingerprint density at radius 2 is 2.00 bits per heavy atom. The molecule has 0 aromatic rings. The Labute approximate surface area is 105 Å². The van der Waals surface area contributed by atoms with Crippen molar-refractivity contribution >= 4 is 11.8 Å². The zero-order valence-electron chi connectivity index (χ0n) is 10.6. The van der Waals surface area contributed by atoms with Gasteiger partial charge in [-0.15, -0.1) is 0 Å². The summed E-state index contributed by atoms with van der Waals surface area (Å²) in [5.41, 5.74) is 0. The highest BCUT2D eigenvalue weighted by Crippen LogP contribution is 2.22. The molecular formula is C13H26N2S. The van der Waals surface area contributed by atoms with E-state index >= 15 is 0 Å². The first kappa shape index (κ1) is 12.7. The van der Waals surface area contributed by atoms with Crippen molar-refractivity contribution in [3.8, 4) is 0 Å². The van der Waals surface area contributed by atoms with E-state index in [0.717, 1.165) is 12.1 Å². The summed E-state index contributed by atoms with van der Waals surface area (Å²) >= 11 is 2.11. The lowest BCUT2D eigenvalue weighted by atomic mass is 10.2. The van der Waals surface area contributed by atoms with Crippen LogP contribution in [0.25, 0.3) is 0 Å². The van der Waals surface area contributed by atoms with Gasteiger partial charge in [-0.2, -0.15) is 11.8 Å². The molecule has 2 rings (SSSR count). The SMILES string of the molecule is CN(CCNC1CCCSC1)C1CCCC1. The van der Waals surface area contributed by atoms with Gasteiger partial charge in [0.2, 0.25) is 0 Å². The van der Waals surface area contributed by atoms with Gasteiger partial charge < -0.3 is 10.2 Å². The van der Waals surface area contributed by atoms with Crippen LogP contribution in [-0.2, 0) is 0 Å². The van der Waals surface area contributed by atoms with Crippen LogP contribution in [0, 0.1) is 0 Å². The maximum atomic E-state index is 3.71. The highest BCUT2D eigenvalue weighted by molar-refractivity contribution is 7.99. The number of nitrogens with zero attached hydrogens (tertiary/aromatic N) is 1. The predicted molar refractivity (Wildman–Crippen MR) is 73.2 cm³/mol. The number of thioether (sulfide) groups is 1. The molecule has 0 radical (unpaired) electrons. The zero-order valence-corrected chi connectivity index (χ0v) is 11.4. The molecule has 1 saturated carbocycles. The van der Waals surface area contributed by atoms with Crippen molar-refractivity contribution in [3.05, 3.63) is 0 Å². The van der Waals surface area contributed by atoms with Gasteiger partial charge in [-0.1, -0.05) is 12.8 Å². The van der Waals surface area contributed by atoms with Crippen LogP contribution in [0.15, 0.2) is 0 Å². The van der Waals surface area contributed by atoms with Crippen LogP contribution in [0.1, 0.15) is 38.5 Å². The molecule has 1 saturated heterocycles. The lowest BCUT2D eigenvalue weighted by Gasteiger charge is -2.27. The monoisotopic (exact) mass is 242 g/mol. The van der Waals surface area contributed by atoms with Crippen molar-refractivity contribution in [2.24, 2.45) is 0 Å². The van der Waals surface area contributed by atoms with Crippen LogP contribution in [-0.4, -0.2) is 48.6 Å². The molecule has 2 aliphatic rings. The van der Waals surface area contributed by atoms with E-state index < -0.39 is 0 Å². The van der Waals surface area contributed by atoms with Gasteiger partial charge >= 0.3 is 0 Å². The Bertz CT molecular complexity index is 186. The molecule has 3 heteroatoms. The second-order valence-electron chi connectivity index (χ2n) is 5.29. The first-order chi connectivity index (χ1) is 7.86. The van der Waals surface area contributed by atoms with Crippen LogP contribution in [0.4, 0.5) is 0 Å². The van der Waals surface area contributed by atoms with E-state index in [1.165, 1.54) is 63.1 Å². The molecular weight excluding hydrogens is 216 g/mol. The van der Waals surface area contributed by atoms with Gasteiger partial charge in [-0.05, 0) is 38.5 Å². The molecule has 1 aliphatic heterocycles. The third kappa shape index (κ3) is 3.94. The van der Waals surface area contributed by atoms with Crippen LogP contribution in [0.2, 0.25) is 0 Å². The third-order valence-corrected chi connectivity index (χ3v) is 5.22. The molecule has 94 valence electrons. The second-order valence-corrected chi connectivity index (χ2v) is 6.44. The molecule has 0 bridgehead atoms.